The van der Waals surface area contributed by atoms with E-state index in [1.54, 1.807) is 0 Å². The summed E-state index contributed by atoms with van der Waals surface area (Å²) in [5.74, 6) is -1.85. The molecule has 0 saturated heterocycles. The average molecular weight is 487 g/mol. The van der Waals surface area contributed by atoms with Gasteiger partial charge >= 0.3 is 12.8 Å². The lowest BCUT2D eigenvalue weighted by atomic mass is 10.1. The van der Waals surface area contributed by atoms with Gasteiger partial charge in [-0.05, 0) is 36.9 Å². The Morgan fingerprint density at radius 1 is 1.21 bits per heavy atom. The molecule has 1 unspecified atom stereocenters. The minimum absolute atomic E-state index is 0.0423. The number of hydrogen-bond donors (Lipinski definition) is 1. The minimum Gasteiger partial charge on any atom is -0.493 e. The summed E-state index contributed by atoms with van der Waals surface area (Å²) in [6.45, 7) is -3.35. The van der Waals surface area contributed by atoms with Crippen LogP contribution in [0.4, 0.5) is 33.3 Å². The molecule has 3 rings (SSSR count). The SMILES string of the molecule is COc1cc(CN(C)CC(=O)N2c3ccccc3NC(=O)CC2C(F)(F)F)ccc1OC(F)F. The maximum Gasteiger partial charge on any atom is 0.409 e. The van der Waals surface area contributed by atoms with Crippen molar-refractivity contribution < 1.29 is 41.0 Å². The molecule has 1 atom stereocenters. The van der Waals surface area contributed by atoms with Crippen LogP contribution in [0.5, 0.6) is 11.5 Å². The first-order valence-electron chi connectivity index (χ1n) is 10.1. The van der Waals surface area contributed by atoms with E-state index in [4.69, 9.17) is 4.74 Å². The second-order valence-corrected chi connectivity index (χ2v) is 7.63. The molecule has 2 aromatic rings. The van der Waals surface area contributed by atoms with Gasteiger partial charge in [-0.2, -0.15) is 22.0 Å². The summed E-state index contributed by atoms with van der Waals surface area (Å²) < 4.78 is 75.9. The third kappa shape index (κ3) is 5.93. The highest BCUT2D eigenvalue weighted by Gasteiger charge is 2.49. The van der Waals surface area contributed by atoms with Gasteiger partial charge in [-0.25, -0.2) is 0 Å². The summed E-state index contributed by atoms with van der Waals surface area (Å²) >= 11 is 0. The number of halogens is 5. The molecule has 0 aliphatic carbocycles. The molecule has 1 aliphatic heterocycles. The fraction of sp³-hybridized carbons (Fsp3) is 0.364. The third-order valence-corrected chi connectivity index (χ3v) is 5.08. The molecule has 34 heavy (non-hydrogen) atoms. The zero-order chi connectivity index (χ0) is 25.0. The Labute approximate surface area is 192 Å². The number of anilines is 2. The number of carbonyl (C=O) groups excluding carboxylic acids is 2. The number of alkyl halides is 5. The quantitative estimate of drug-likeness (QED) is 0.598. The van der Waals surface area contributed by atoms with E-state index in [2.05, 4.69) is 10.1 Å². The number of ether oxygens (including phenoxy) is 2. The largest absolute Gasteiger partial charge is 0.493 e. The van der Waals surface area contributed by atoms with Crippen LogP contribution < -0.4 is 19.7 Å². The lowest BCUT2D eigenvalue weighted by Crippen LogP contribution is -2.52. The molecular weight excluding hydrogens is 465 g/mol. The van der Waals surface area contributed by atoms with Crippen molar-refractivity contribution in [1.82, 2.24) is 4.90 Å². The van der Waals surface area contributed by atoms with Gasteiger partial charge in [-0.1, -0.05) is 18.2 Å². The van der Waals surface area contributed by atoms with Gasteiger partial charge in [0.1, 0.15) is 6.04 Å². The van der Waals surface area contributed by atoms with Gasteiger partial charge in [0.25, 0.3) is 0 Å². The lowest BCUT2D eigenvalue weighted by molar-refractivity contribution is -0.158. The number of nitrogens with one attached hydrogen (secondary N) is 1. The molecule has 0 saturated carbocycles. The number of likely N-dealkylation sites (N-methyl/N-ethyl adjacent to an activating group) is 1. The number of rotatable bonds is 7. The molecule has 2 aromatic carbocycles. The normalized spacial score (nSPS) is 16.2. The van der Waals surface area contributed by atoms with Crippen LogP contribution in [0.15, 0.2) is 42.5 Å². The van der Waals surface area contributed by atoms with Crippen LogP contribution >= 0.6 is 0 Å². The number of hydrogen-bond acceptors (Lipinski definition) is 5. The van der Waals surface area contributed by atoms with Gasteiger partial charge in [0, 0.05) is 6.54 Å². The minimum atomic E-state index is -4.84. The number of nitrogens with zero attached hydrogens (tertiary/aromatic N) is 2. The summed E-state index contributed by atoms with van der Waals surface area (Å²) in [6.07, 6.45) is -5.77. The Balaban J connectivity index is 1.82. The van der Waals surface area contributed by atoms with Crippen molar-refractivity contribution in [3.63, 3.8) is 0 Å². The summed E-state index contributed by atoms with van der Waals surface area (Å²) in [5, 5.41) is 2.41. The summed E-state index contributed by atoms with van der Waals surface area (Å²) in [7, 11) is 2.79. The highest BCUT2D eigenvalue weighted by atomic mass is 19.4. The number of fused-ring (bicyclic) bond motifs is 1. The molecular formula is C22H22F5N3O4. The van der Waals surface area contributed by atoms with Gasteiger partial charge in [-0.3, -0.25) is 19.4 Å². The Morgan fingerprint density at radius 2 is 1.91 bits per heavy atom. The van der Waals surface area contributed by atoms with E-state index in [0.29, 0.717) is 10.5 Å². The van der Waals surface area contributed by atoms with Crippen molar-refractivity contribution in [3.05, 3.63) is 48.0 Å². The van der Waals surface area contributed by atoms with Crippen LogP contribution in [0.3, 0.4) is 0 Å². The van der Waals surface area contributed by atoms with E-state index in [1.807, 2.05) is 0 Å². The Hall–Kier alpha value is -3.41. The second-order valence-electron chi connectivity index (χ2n) is 7.63. The van der Waals surface area contributed by atoms with E-state index < -0.39 is 43.6 Å². The summed E-state index contributed by atoms with van der Waals surface area (Å²) in [6, 6.07) is 7.63. The maximum atomic E-state index is 13.8. The molecule has 0 aromatic heterocycles. The van der Waals surface area contributed by atoms with Gasteiger partial charge in [-0.15, -0.1) is 0 Å². The molecule has 184 valence electrons. The van der Waals surface area contributed by atoms with E-state index in [-0.39, 0.29) is 29.4 Å². The van der Waals surface area contributed by atoms with Crippen molar-refractivity contribution in [2.24, 2.45) is 0 Å². The van der Waals surface area contributed by atoms with Crippen molar-refractivity contribution in [3.8, 4) is 11.5 Å². The zero-order valence-corrected chi connectivity index (χ0v) is 18.2. The fourth-order valence-corrected chi connectivity index (χ4v) is 3.67. The lowest BCUT2D eigenvalue weighted by Gasteiger charge is -2.33. The molecule has 1 heterocycles. The smallest absolute Gasteiger partial charge is 0.409 e. The maximum absolute atomic E-state index is 13.8. The zero-order valence-electron chi connectivity index (χ0n) is 18.2. The van der Waals surface area contributed by atoms with Crippen molar-refractivity contribution in [2.75, 3.05) is 30.9 Å². The molecule has 7 nitrogen and oxygen atoms in total. The molecule has 1 aliphatic rings. The Kier molecular flexibility index (Phi) is 7.60. The highest BCUT2D eigenvalue weighted by Crippen LogP contribution is 2.38. The van der Waals surface area contributed by atoms with Crippen LogP contribution in [-0.2, 0) is 16.1 Å². The number of carbonyl (C=O) groups is 2. The first-order chi connectivity index (χ1) is 16.0. The van der Waals surface area contributed by atoms with Crippen molar-refractivity contribution >= 4 is 23.2 Å². The second kappa shape index (κ2) is 10.2. The average Bonchev–Trinajstić information content (AvgIpc) is 2.90. The van der Waals surface area contributed by atoms with Gasteiger partial charge in [0.2, 0.25) is 11.8 Å². The van der Waals surface area contributed by atoms with Crippen LogP contribution in [0.1, 0.15) is 12.0 Å². The van der Waals surface area contributed by atoms with Gasteiger partial charge in [0.15, 0.2) is 11.5 Å². The predicted molar refractivity (Wildman–Crippen MR) is 113 cm³/mol. The number of para-hydroxylation sites is 2. The number of benzene rings is 2. The van der Waals surface area contributed by atoms with Crippen molar-refractivity contribution in [1.29, 1.82) is 0 Å². The van der Waals surface area contributed by atoms with Crippen LogP contribution in [-0.4, -0.2) is 56.2 Å². The van der Waals surface area contributed by atoms with E-state index in [0.717, 1.165) is 0 Å². The molecule has 0 radical (unpaired) electrons. The van der Waals surface area contributed by atoms with Gasteiger partial charge in [0.05, 0.1) is 31.5 Å². The van der Waals surface area contributed by atoms with Gasteiger partial charge < -0.3 is 14.8 Å². The van der Waals surface area contributed by atoms with Crippen LogP contribution in [0.2, 0.25) is 0 Å². The molecule has 2 amide bonds. The predicted octanol–water partition coefficient (Wildman–Crippen LogP) is 4.03. The summed E-state index contributed by atoms with van der Waals surface area (Å²) in [5.41, 5.74) is 0.605. The van der Waals surface area contributed by atoms with E-state index >= 15 is 0 Å². The standard InChI is InChI=1S/C22H22F5N3O4/c1-29(11-13-7-8-16(34-21(23)24)17(9-13)33-2)12-20(32)30-15-6-4-3-5-14(15)28-19(31)10-18(30)22(25,26)27/h3-9,18,21H,10-12H2,1-2H3,(H,28,31). The Bertz CT molecular complexity index is 1050. The molecule has 0 bridgehead atoms. The molecule has 1 N–H and O–H groups in total. The first-order valence-corrected chi connectivity index (χ1v) is 10.1. The van der Waals surface area contributed by atoms with E-state index in [9.17, 15) is 31.5 Å². The number of methoxy groups -OCH3 is 1. The van der Waals surface area contributed by atoms with E-state index in [1.165, 1.54) is 61.5 Å². The number of amides is 2. The third-order valence-electron chi connectivity index (χ3n) is 5.08. The van der Waals surface area contributed by atoms with Crippen LogP contribution in [0, 0.1) is 0 Å². The molecule has 12 heteroatoms. The highest BCUT2D eigenvalue weighted by molar-refractivity contribution is 6.05. The monoisotopic (exact) mass is 487 g/mol. The first kappa shape index (κ1) is 25.2. The van der Waals surface area contributed by atoms with Crippen LogP contribution in [0.25, 0.3) is 0 Å². The topological polar surface area (TPSA) is 71.1 Å². The summed E-state index contributed by atoms with van der Waals surface area (Å²) in [4.78, 5) is 27.2. The Morgan fingerprint density at radius 3 is 2.56 bits per heavy atom. The molecule has 0 spiro atoms. The fourth-order valence-electron chi connectivity index (χ4n) is 3.67. The molecule has 0 fully saturated rings. The van der Waals surface area contributed by atoms with Crippen molar-refractivity contribution in [2.45, 2.75) is 31.8 Å².